The van der Waals surface area contributed by atoms with Crippen LogP contribution in [0.5, 0.6) is 0 Å². The Hall–Kier alpha value is -2.96. The molecule has 0 radical (unpaired) electrons. The molecule has 53 heavy (non-hydrogen) atoms. The highest BCUT2D eigenvalue weighted by atomic mass is 32.2. The summed E-state index contributed by atoms with van der Waals surface area (Å²) >= 11 is 1.42. The lowest BCUT2D eigenvalue weighted by Crippen LogP contribution is -2.55. The smallest absolute Gasteiger partial charge is 0.242 e. The van der Waals surface area contributed by atoms with Crippen molar-refractivity contribution < 1.29 is 38.2 Å². The van der Waals surface area contributed by atoms with Crippen LogP contribution in [0.25, 0.3) is 0 Å². The van der Waals surface area contributed by atoms with Crippen LogP contribution in [0.4, 0.5) is 0 Å². The highest BCUT2D eigenvalue weighted by Crippen LogP contribution is 2.26. The second-order valence-electron chi connectivity index (χ2n) is 13.8. The molecule has 2 unspecified atom stereocenters. The Morgan fingerprint density at radius 1 is 0.887 bits per heavy atom. The first-order valence-electron chi connectivity index (χ1n) is 18.8. The Morgan fingerprint density at radius 2 is 1.49 bits per heavy atom. The molecule has 0 bridgehead atoms. The number of ketones is 1. The van der Waals surface area contributed by atoms with Gasteiger partial charge in [-0.25, -0.2) is 0 Å². The summed E-state index contributed by atoms with van der Waals surface area (Å²) in [6, 6.07) is -0.787. The molecular weight excluding hydrogens is 705 g/mol. The number of Topliss-reactive ketones (excluding diaryl/α,β-unsaturated/α-hetero) is 1. The zero-order valence-corrected chi connectivity index (χ0v) is 34.0. The first-order chi connectivity index (χ1) is 24.9. The van der Waals surface area contributed by atoms with Crippen molar-refractivity contribution in [3.05, 3.63) is 0 Å². The van der Waals surface area contributed by atoms with Gasteiger partial charge in [0.1, 0.15) is 0 Å². The predicted molar refractivity (Wildman–Crippen MR) is 208 cm³/mol. The maximum atomic E-state index is 12.9. The Kier molecular flexibility index (Phi) is 26.1. The Labute approximate surface area is 320 Å². The first kappa shape index (κ1) is 50.0. The fraction of sp³-hybridized carbons (Fsp3) is 0.806. The van der Waals surface area contributed by atoms with Crippen LogP contribution in [0, 0.1) is 5.41 Å². The molecule has 1 rings (SSSR count). The van der Waals surface area contributed by atoms with E-state index in [1.807, 2.05) is 27.7 Å². The summed E-state index contributed by atoms with van der Waals surface area (Å²) in [6.07, 6.45) is 2.95. The van der Waals surface area contributed by atoms with Gasteiger partial charge in [-0.2, -0.15) is 0 Å². The second kappa shape index (κ2) is 27.6. The number of carbonyl (C=O) groups is 6. The van der Waals surface area contributed by atoms with Gasteiger partial charge in [0.2, 0.25) is 29.5 Å². The third-order valence-corrected chi connectivity index (χ3v) is 9.24. The maximum Gasteiger partial charge on any atom is 0.242 e. The number of rotatable bonds is 30. The molecule has 16 nitrogen and oxygen atoms in total. The van der Waals surface area contributed by atoms with Crippen molar-refractivity contribution in [1.29, 1.82) is 5.41 Å². The molecule has 0 aromatic rings. The summed E-state index contributed by atoms with van der Waals surface area (Å²) in [5.74, 6) is -1.28. The molecule has 1 aliphatic rings. The minimum Gasteiger partial charge on any atom is -0.378 e. The number of hydrogen-bond acceptors (Lipinski definition) is 13. The number of nitrogens with zero attached hydrogens (tertiary/aromatic N) is 1. The molecule has 0 saturated carbocycles. The molecular formula is C36H68N8O8S. The molecule has 0 aromatic heterocycles. The van der Waals surface area contributed by atoms with Crippen molar-refractivity contribution in [2.45, 2.75) is 129 Å². The lowest BCUT2D eigenvalue weighted by Gasteiger charge is -2.29. The van der Waals surface area contributed by atoms with Gasteiger partial charge in [0.05, 0.1) is 48.9 Å². The van der Waals surface area contributed by atoms with Gasteiger partial charge in [-0.1, -0.05) is 13.8 Å². The Balaban J connectivity index is 0.0000133. The van der Waals surface area contributed by atoms with Gasteiger partial charge in [-0.3, -0.25) is 44.3 Å². The number of carbonyl (C=O) groups excluding carboxylic acids is 6. The molecule has 306 valence electrons. The molecule has 5 amide bonds. The van der Waals surface area contributed by atoms with Gasteiger partial charge in [0.25, 0.3) is 0 Å². The summed E-state index contributed by atoms with van der Waals surface area (Å²) in [4.78, 5) is 75.7. The van der Waals surface area contributed by atoms with Gasteiger partial charge in [-0.05, 0) is 72.5 Å². The number of unbranched alkanes of at least 4 members (excludes halogenated alkanes) is 1. The zero-order valence-electron chi connectivity index (χ0n) is 33.2. The van der Waals surface area contributed by atoms with E-state index in [9.17, 15) is 28.8 Å². The van der Waals surface area contributed by atoms with E-state index in [1.165, 1.54) is 11.8 Å². The highest BCUT2D eigenvalue weighted by molar-refractivity contribution is 8.00. The fourth-order valence-electron chi connectivity index (χ4n) is 5.04. The van der Waals surface area contributed by atoms with E-state index in [1.54, 1.807) is 20.8 Å². The number of nitrogens with two attached hydrogens (primary N) is 2. The number of nitrogens with one attached hydrogen (secondary N) is 5. The number of hydrogen-bond donors (Lipinski definition) is 7. The van der Waals surface area contributed by atoms with E-state index in [4.69, 9.17) is 26.4 Å². The highest BCUT2D eigenvalue weighted by Gasteiger charge is 2.38. The average molecular weight is 773 g/mol. The minimum atomic E-state index is -1.10. The van der Waals surface area contributed by atoms with Crippen LogP contribution in [0.15, 0.2) is 0 Å². The van der Waals surface area contributed by atoms with Crippen LogP contribution in [0.1, 0.15) is 106 Å². The molecule has 1 saturated heterocycles. The molecule has 0 aliphatic carbocycles. The normalized spacial score (nSPS) is 15.1. The fourth-order valence-corrected chi connectivity index (χ4v) is 6.17. The topological polar surface area (TPSA) is 248 Å². The lowest BCUT2D eigenvalue weighted by atomic mass is 9.93. The van der Waals surface area contributed by atoms with Crippen molar-refractivity contribution in [1.82, 2.24) is 26.2 Å². The second-order valence-corrected chi connectivity index (χ2v) is 15.1. The summed E-state index contributed by atoms with van der Waals surface area (Å²) in [7, 11) is 0. The van der Waals surface area contributed by atoms with E-state index < -0.39 is 28.4 Å². The predicted octanol–water partition coefficient (Wildman–Crippen LogP) is 1.37. The maximum absolute atomic E-state index is 12.9. The van der Waals surface area contributed by atoms with Crippen LogP contribution < -0.4 is 32.7 Å². The number of primary amides is 1. The van der Waals surface area contributed by atoms with Crippen molar-refractivity contribution >= 4 is 52.8 Å². The van der Waals surface area contributed by atoms with E-state index >= 15 is 0 Å². The lowest BCUT2D eigenvalue weighted by molar-refractivity contribution is -0.138. The standard InChI is InChI=1S/C34H62N8O8S.C2H6/c1-24(35)9-8-22-51-26-23-30(46)42(32(26)48)17-13-29(45)38-14-7-6-10-25(31(36)47)41-33(2,3)27(43)11-12-28(44)39-15-18-49-20-21-50-19-16-40-34(4,5)37;1-2/h25-26,35,40-41H,6-23,37H2,1-5H3,(H2,36,47)(H,38,45)(H,39,44);1-2H3. The quantitative estimate of drug-likeness (QED) is 0.0237. The van der Waals surface area contributed by atoms with Crippen LogP contribution in [-0.2, 0) is 38.2 Å². The average Bonchev–Trinajstić information content (AvgIpc) is 3.35. The monoisotopic (exact) mass is 772 g/mol. The summed E-state index contributed by atoms with van der Waals surface area (Å²) in [5.41, 5.74) is 10.5. The largest absolute Gasteiger partial charge is 0.378 e. The van der Waals surface area contributed by atoms with Gasteiger partial charge < -0.3 is 37.0 Å². The third-order valence-electron chi connectivity index (χ3n) is 7.94. The van der Waals surface area contributed by atoms with Crippen LogP contribution in [0.3, 0.4) is 0 Å². The van der Waals surface area contributed by atoms with Crippen molar-refractivity contribution in [2.24, 2.45) is 11.5 Å². The molecule has 1 heterocycles. The van der Waals surface area contributed by atoms with Crippen LogP contribution >= 0.6 is 11.8 Å². The Morgan fingerprint density at radius 3 is 2.09 bits per heavy atom. The molecule has 9 N–H and O–H groups in total. The van der Waals surface area contributed by atoms with Crippen LogP contribution in [0.2, 0.25) is 0 Å². The molecule has 17 heteroatoms. The van der Waals surface area contributed by atoms with E-state index in [0.717, 1.165) is 11.3 Å². The van der Waals surface area contributed by atoms with Gasteiger partial charge in [0, 0.05) is 57.6 Å². The van der Waals surface area contributed by atoms with Gasteiger partial charge in [-0.15, -0.1) is 11.8 Å². The molecule has 0 aromatic carbocycles. The zero-order chi connectivity index (χ0) is 40.5. The van der Waals surface area contributed by atoms with Crippen LogP contribution in [-0.4, -0.2) is 127 Å². The first-order valence-corrected chi connectivity index (χ1v) is 19.8. The molecule has 0 spiro atoms. The number of imide groups is 1. The Bertz CT molecular complexity index is 1160. The molecule has 1 fully saturated rings. The number of likely N-dealkylation sites (tertiary alicyclic amines) is 1. The van der Waals surface area contributed by atoms with Gasteiger partial charge >= 0.3 is 0 Å². The minimum absolute atomic E-state index is 0.00169. The van der Waals surface area contributed by atoms with E-state index in [-0.39, 0.29) is 61.6 Å². The SMILES string of the molecule is CC.CC(=N)CCCSC1CC(=O)N(CCC(=O)NCCCCC(NC(C)(C)C(=O)CCC(=O)NCCOCCOCCNC(C)(C)N)C(N)=O)C1=O. The van der Waals surface area contributed by atoms with E-state index in [0.29, 0.717) is 83.2 Å². The number of amides is 5. The van der Waals surface area contributed by atoms with Crippen molar-refractivity contribution in [3.8, 4) is 0 Å². The summed E-state index contributed by atoms with van der Waals surface area (Å²) < 4.78 is 10.9. The van der Waals surface area contributed by atoms with Gasteiger partial charge in [0.15, 0.2) is 5.78 Å². The van der Waals surface area contributed by atoms with Crippen molar-refractivity contribution in [2.75, 3.05) is 58.4 Å². The van der Waals surface area contributed by atoms with Crippen molar-refractivity contribution in [3.63, 3.8) is 0 Å². The third kappa shape index (κ3) is 24.1. The van der Waals surface area contributed by atoms with E-state index in [2.05, 4.69) is 21.3 Å². The number of ether oxygens (including phenoxy) is 2. The summed E-state index contributed by atoms with van der Waals surface area (Å²) in [6.45, 7) is 15.7. The number of thioether (sulfide) groups is 1. The molecule has 1 aliphatic heterocycles. The summed E-state index contributed by atoms with van der Waals surface area (Å²) in [5, 5.41) is 18.7. The molecule has 2 atom stereocenters.